The van der Waals surface area contributed by atoms with Gasteiger partial charge in [-0.25, -0.2) is 0 Å². The van der Waals surface area contributed by atoms with Crippen LogP contribution in [0.3, 0.4) is 0 Å². The Morgan fingerprint density at radius 1 is 1.00 bits per heavy atom. The number of likely N-dealkylation sites (tertiary alicyclic amines) is 1. The second-order valence-electron chi connectivity index (χ2n) is 10.5. The lowest BCUT2D eigenvalue weighted by Gasteiger charge is -2.41. The van der Waals surface area contributed by atoms with E-state index in [1.807, 2.05) is 24.3 Å². The van der Waals surface area contributed by atoms with Crippen LogP contribution in [0.5, 0.6) is 0 Å². The number of para-hydroxylation sites is 1. The van der Waals surface area contributed by atoms with Gasteiger partial charge >= 0.3 is 0 Å². The summed E-state index contributed by atoms with van der Waals surface area (Å²) in [5.41, 5.74) is 1.48. The first-order valence-electron chi connectivity index (χ1n) is 12.6. The van der Waals surface area contributed by atoms with Crippen LogP contribution in [-0.4, -0.2) is 65.1 Å². The van der Waals surface area contributed by atoms with Crippen LogP contribution < -0.4 is 4.90 Å². The molecule has 2 aliphatic heterocycles. The van der Waals surface area contributed by atoms with Crippen molar-refractivity contribution in [2.75, 3.05) is 32.1 Å². The number of benzene rings is 3. The van der Waals surface area contributed by atoms with Crippen LogP contribution in [0.4, 0.5) is 5.69 Å². The summed E-state index contributed by atoms with van der Waals surface area (Å²) in [6.07, 6.45) is 0.571. The lowest BCUT2D eigenvalue weighted by atomic mass is 9.91. The Kier molecular flexibility index (Phi) is 5.41. The van der Waals surface area contributed by atoms with Gasteiger partial charge in [0.2, 0.25) is 5.91 Å². The predicted octanol–water partition coefficient (Wildman–Crippen LogP) is 3.11. The van der Waals surface area contributed by atoms with E-state index in [4.69, 9.17) is 0 Å². The molecule has 3 aromatic rings. The van der Waals surface area contributed by atoms with Crippen molar-refractivity contribution in [3.05, 3.63) is 77.4 Å². The van der Waals surface area contributed by atoms with Gasteiger partial charge in [0.25, 0.3) is 5.91 Å². The molecule has 3 atom stereocenters. The highest BCUT2D eigenvalue weighted by Crippen LogP contribution is 2.49. The maximum atomic E-state index is 13.7. The minimum Gasteiger partial charge on any atom is -0.386 e. The van der Waals surface area contributed by atoms with Crippen molar-refractivity contribution in [2.24, 2.45) is 0 Å². The number of carbonyl (C=O) groups is 2. The first-order valence-corrected chi connectivity index (χ1v) is 12.6. The number of aliphatic hydroxyl groups excluding tert-OH is 1. The summed E-state index contributed by atoms with van der Waals surface area (Å²) in [5, 5.41) is 25.0. The molecule has 0 saturated carbocycles. The van der Waals surface area contributed by atoms with Gasteiger partial charge in [-0.15, -0.1) is 0 Å². The lowest BCUT2D eigenvalue weighted by molar-refractivity contribution is -0.146. The molecule has 1 unspecified atom stereocenters. The van der Waals surface area contributed by atoms with Crippen LogP contribution in [0.2, 0.25) is 0 Å². The molecular formula is C29H31N3O4. The molecule has 1 aliphatic carbocycles. The normalized spacial score (nSPS) is 26.0. The molecule has 186 valence electrons. The largest absolute Gasteiger partial charge is 0.386 e. The Balaban J connectivity index is 1.25. The maximum Gasteiger partial charge on any atom is 0.264 e. The third-order valence-corrected chi connectivity index (χ3v) is 8.25. The Morgan fingerprint density at radius 2 is 1.67 bits per heavy atom. The van der Waals surface area contributed by atoms with Gasteiger partial charge < -0.3 is 20.0 Å². The molecule has 2 amide bonds. The minimum atomic E-state index is -1.85. The van der Waals surface area contributed by atoms with Crippen molar-refractivity contribution in [1.82, 2.24) is 9.80 Å². The van der Waals surface area contributed by atoms with E-state index < -0.39 is 17.6 Å². The highest BCUT2D eigenvalue weighted by molar-refractivity contribution is 6.09. The number of amides is 2. The maximum absolute atomic E-state index is 13.7. The van der Waals surface area contributed by atoms with Crippen LogP contribution in [0.15, 0.2) is 60.7 Å². The van der Waals surface area contributed by atoms with E-state index in [1.165, 1.54) is 4.90 Å². The van der Waals surface area contributed by atoms with Crippen molar-refractivity contribution in [2.45, 2.75) is 43.1 Å². The molecule has 0 bridgehead atoms. The second-order valence-corrected chi connectivity index (χ2v) is 10.5. The number of fused-ring (bicyclic) bond motifs is 1. The summed E-state index contributed by atoms with van der Waals surface area (Å²) < 4.78 is 0. The van der Waals surface area contributed by atoms with Gasteiger partial charge in [0, 0.05) is 38.8 Å². The zero-order valence-corrected chi connectivity index (χ0v) is 20.6. The van der Waals surface area contributed by atoms with Crippen molar-refractivity contribution >= 4 is 28.3 Å². The number of carbonyl (C=O) groups excluding carboxylic acids is 2. The van der Waals surface area contributed by atoms with E-state index in [1.54, 1.807) is 31.1 Å². The Labute approximate surface area is 210 Å². The molecule has 1 saturated heterocycles. The Morgan fingerprint density at radius 3 is 2.36 bits per heavy atom. The quantitative estimate of drug-likeness (QED) is 0.593. The molecule has 6 rings (SSSR count). The minimum absolute atomic E-state index is 0.0879. The van der Waals surface area contributed by atoms with Gasteiger partial charge in [0.05, 0.1) is 24.3 Å². The van der Waals surface area contributed by atoms with E-state index in [2.05, 4.69) is 29.2 Å². The molecule has 0 radical (unpaired) electrons. The van der Waals surface area contributed by atoms with Gasteiger partial charge in [-0.1, -0.05) is 54.6 Å². The zero-order valence-electron chi connectivity index (χ0n) is 20.6. The van der Waals surface area contributed by atoms with Crippen LogP contribution in [0.25, 0.3) is 10.8 Å². The molecule has 7 nitrogen and oxygen atoms in total. The summed E-state index contributed by atoms with van der Waals surface area (Å²) in [7, 11) is 3.25. The first-order chi connectivity index (χ1) is 17.3. The van der Waals surface area contributed by atoms with Crippen molar-refractivity contribution in [3.63, 3.8) is 0 Å². The molecule has 0 spiro atoms. The monoisotopic (exact) mass is 485 g/mol. The lowest BCUT2D eigenvalue weighted by Crippen LogP contribution is -2.51. The molecule has 2 heterocycles. The summed E-state index contributed by atoms with van der Waals surface area (Å²) >= 11 is 0. The molecule has 3 aromatic carbocycles. The molecule has 0 aromatic heterocycles. The van der Waals surface area contributed by atoms with Crippen LogP contribution in [0, 0.1) is 0 Å². The van der Waals surface area contributed by atoms with E-state index in [-0.39, 0.29) is 24.4 Å². The highest BCUT2D eigenvalue weighted by atomic mass is 16.3. The van der Waals surface area contributed by atoms with Gasteiger partial charge in [-0.05, 0) is 40.8 Å². The molecular weight excluding hydrogens is 454 g/mol. The third kappa shape index (κ3) is 3.30. The summed E-state index contributed by atoms with van der Waals surface area (Å²) in [4.78, 5) is 31.6. The van der Waals surface area contributed by atoms with E-state index in [0.717, 1.165) is 35.0 Å². The number of piperidine rings is 1. The Bertz CT molecular complexity index is 1360. The number of aliphatic hydroxyl groups is 2. The number of hydrogen-bond acceptors (Lipinski definition) is 5. The van der Waals surface area contributed by atoms with E-state index >= 15 is 0 Å². The number of hydrogen-bond donors (Lipinski definition) is 2. The standard InChI is InChI=1S/C29H31N3O4/c1-30(2)24(33)17-29(36)22-11-3-4-12-23(22)32(28(29)35)19-13-15-31(16-14-19)26-20-9-5-7-18-8-6-10-21(25(18)20)27(26)34/h3-12,19,26-27,34,36H,13-17H2,1-2H3/t26-,27-,29?/m0/s1. The summed E-state index contributed by atoms with van der Waals surface area (Å²) in [6.45, 7) is 1.44. The fraction of sp³-hybridized carbons (Fsp3) is 0.379. The Hall–Kier alpha value is -3.26. The van der Waals surface area contributed by atoms with Gasteiger partial charge in [-0.2, -0.15) is 0 Å². The molecule has 3 aliphatic rings. The fourth-order valence-corrected chi connectivity index (χ4v) is 6.42. The number of rotatable bonds is 4. The number of nitrogens with zero attached hydrogens (tertiary/aromatic N) is 3. The van der Waals surface area contributed by atoms with Crippen molar-refractivity contribution in [3.8, 4) is 0 Å². The molecule has 36 heavy (non-hydrogen) atoms. The van der Waals surface area contributed by atoms with E-state index in [9.17, 15) is 19.8 Å². The zero-order chi connectivity index (χ0) is 25.2. The van der Waals surface area contributed by atoms with Crippen LogP contribution >= 0.6 is 0 Å². The topological polar surface area (TPSA) is 84.3 Å². The summed E-state index contributed by atoms with van der Waals surface area (Å²) in [6, 6.07) is 19.4. The SMILES string of the molecule is CN(C)C(=O)CC1(O)C(=O)N(C2CCN([C@H]3c4cccc5cccc(c45)[C@@H]3O)CC2)c2ccccc21. The predicted molar refractivity (Wildman–Crippen MR) is 137 cm³/mol. The highest BCUT2D eigenvalue weighted by Gasteiger charge is 2.53. The average Bonchev–Trinajstić information content (AvgIpc) is 3.29. The molecule has 1 fully saturated rings. The molecule has 2 N–H and O–H groups in total. The number of anilines is 1. The smallest absolute Gasteiger partial charge is 0.264 e. The average molecular weight is 486 g/mol. The third-order valence-electron chi connectivity index (χ3n) is 8.25. The molecule has 7 heteroatoms. The van der Waals surface area contributed by atoms with Gasteiger partial charge in [0.15, 0.2) is 5.60 Å². The van der Waals surface area contributed by atoms with Crippen molar-refractivity contribution in [1.29, 1.82) is 0 Å². The van der Waals surface area contributed by atoms with Crippen LogP contribution in [0.1, 0.15) is 48.1 Å². The van der Waals surface area contributed by atoms with Crippen LogP contribution in [-0.2, 0) is 15.2 Å². The van der Waals surface area contributed by atoms with Gasteiger partial charge in [-0.3, -0.25) is 14.5 Å². The van der Waals surface area contributed by atoms with Gasteiger partial charge in [0.1, 0.15) is 0 Å². The fourth-order valence-electron chi connectivity index (χ4n) is 6.42. The first kappa shape index (κ1) is 23.2. The second kappa shape index (κ2) is 8.40. The van der Waals surface area contributed by atoms with Crippen molar-refractivity contribution < 1.29 is 19.8 Å². The summed E-state index contributed by atoms with van der Waals surface area (Å²) in [5.74, 6) is -0.711. The van der Waals surface area contributed by atoms with E-state index in [0.29, 0.717) is 24.1 Å².